The molecule has 0 aromatic heterocycles. The number of rotatable bonds is 6. The number of anilines is 1. The number of nitrogens with zero attached hydrogens (tertiary/aromatic N) is 1. The van der Waals surface area contributed by atoms with E-state index in [1.807, 2.05) is 32.0 Å². The van der Waals surface area contributed by atoms with Crippen molar-refractivity contribution in [3.8, 4) is 5.75 Å². The molecule has 2 amide bonds. The largest absolute Gasteiger partial charge is 0.484 e. The summed E-state index contributed by atoms with van der Waals surface area (Å²) in [5.41, 5.74) is 1.77. The van der Waals surface area contributed by atoms with Gasteiger partial charge in [0.05, 0.1) is 12.1 Å². The van der Waals surface area contributed by atoms with E-state index >= 15 is 0 Å². The van der Waals surface area contributed by atoms with Crippen molar-refractivity contribution in [2.45, 2.75) is 20.0 Å². The van der Waals surface area contributed by atoms with Crippen LogP contribution in [0.15, 0.2) is 42.5 Å². The van der Waals surface area contributed by atoms with Gasteiger partial charge in [0.25, 0.3) is 5.91 Å². The molecule has 0 radical (unpaired) electrons. The molecule has 2 rings (SSSR count). The van der Waals surface area contributed by atoms with Crippen LogP contribution in [-0.2, 0) is 15.8 Å². The summed E-state index contributed by atoms with van der Waals surface area (Å²) in [6.45, 7) is 3.20. The Morgan fingerprint density at radius 2 is 1.71 bits per heavy atom. The van der Waals surface area contributed by atoms with Gasteiger partial charge in [-0.15, -0.1) is 0 Å². The number of ether oxygens (including phenoxy) is 1. The molecule has 28 heavy (non-hydrogen) atoms. The number of alkyl halides is 3. The Hall–Kier alpha value is -3.03. The zero-order valence-corrected chi connectivity index (χ0v) is 15.8. The first-order valence-corrected chi connectivity index (χ1v) is 8.47. The number of hydrogen-bond acceptors (Lipinski definition) is 3. The predicted octanol–water partition coefficient (Wildman–Crippen LogP) is 3.80. The number of carbonyl (C=O) groups excluding carboxylic acids is 2. The van der Waals surface area contributed by atoms with Crippen LogP contribution in [0.2, 0.25) is 0 Å². The summed E-state index contributed by atoms with van der Waals surface area (Å²) in [4.78, 5) is 25.4. The van der Waals surface area contributed by atoms with Gasteiger partial charge in [-0.2, -0.15) is 13.2 Å². The first-order chi connectivity index (χ1) is 13.1. The number of hydrogen-bond donors (Lipinski definition) is 1. The van der Waals surface area contributed by atoms with Crippen LogP contribution >= 0.6 is 0 Å². The van der Waals surface area contributed by atoms with Crippen LogP contribution in [0.25, 0.3) is 0 Å². The molecule has 2 aromatic rings. The highest BCUT2D eigenvalue weighted by Gasteiger charge is 2.30. The van der Waals surface area contributed by atoms with Gasteiger partial charge in [-0.25, -0.2) is 0 Å². The van der Waals surface area contributed by atoms with Gasteiger partial charge >= 0.3 is 6.18 Å². The standard InChI is InChI=1S/C20H21F3N2O3/c1-13-4-5-14(2)17(10-13)24-18(26)11-25(3)19(27)12-28-16-8-6-15(7-9-16)20(21,22)23/h4-10H,11-12H2,1-3H3,(H,24,26). The second-order valence-corrected chi connectivity index (χ2v) is 6.43. The molecule has 0 heterocycles. The average Bonchev–Trinajstić information content (AvgIpc) is 2.62. The molecule has 0 bridgehead atoms. The van der Waals surface area contributed by atoms with Crippen molar-refractivity contribution < 1.29 is 27.5 Å². The van der Waals surface area contributed by atoms with Crippen molar-refractivity contribution in [2.24, 2.45) is 0 Å². The second-order valence-electron chi connectivity index (χ2n) is 6.43. The summed E-state index contributed by atoms with van der Waals surface area (Å²) >= 11 is 0. The minimum atomic E-state index is -4.43. The highest BCUT2D eigenvalue weighted by Crippen LogP contribution is 2.30. The van der Waals surface area contributed by atoms with E-state index in [4.69, 9.17) is 4.74 Å². The third kappa shape index (κ3) is 6.00. The normalized spacial score (nSPS) is 11.1. The zero-order valence-electron chi connectivity index (χ0n) is 15.8. The number of carbonyl (C=O) groups is 2. The van der Waals surface area contributed by atoms with Crippen LogP contribution in [0.4, 0.5) is 18.9 Å². The SMILES string of the molecule is Cc1ccc(C)c(NC(=O)CN(C)C(=O)COc2ccc(C(F)(F)F)cc2)c1. The van der Waals surface area contributed by atoms with E-state index in [0.29, 0.717) is 5.69 Å². The summed E-state index contributed by atoms with van der Waals surface area (Å²) in [5, 5.41) is 2.75. The summed E-state index contributed by atoms with van der Waals surface area (Å²) in [5.74, 6) is -0.704. The minimum absolute atomic E-state index is 0.134. The van der Waals surface area contributed by atoms with Crippen molar-refractivity contribution in [1.82, 2.24) is 4.90 Å². The third-order valence-corrected chi connectivity index (χ3v) is 4.02. The minimum Gasteiger partial charge on any atom is -0.484 e. The molecule has 8 heteroatoms. The van der Waals surface area contributed by atoms with Crippen LogP contribution in [0.3, 0.4) is 0 Å². The molecule has 0 aliphatic carbocycles. The molecule has 0 saturated heterocycles. The zero-order chi connectivity index (χ0) is 20.9. The van der Waals surface area contributed by atoms with E-state index in [1.54, 1.807) is 0 Å². The van der Waals surface area contributed by atoms with Gasteiger partial charge in [-0.1, -0.05) is 12.1 Å². The number of amides is 2. The number of nitrogens with one attached hydrogen (secondary N) is 1. The van der Waals surface area contributed by atoms with E-state index in [9.17, 15) is 22.8 Å². The van der Waals surface area contributed by atoms with Crippen LogP contribution in [0, 0.1) is 13.8 Å². The fourth-order valence-electron chi connectivity index (χ4n) is 2.36. The van der Waals surface area contributed by atoms with Crippen molar-refractivity contribution in [2.75, 3.05) is 25.5 Å². The Morgan fingerprint density at radius 1 is 1.07 bits per heavy atom. The molecule has 0 saturated carbocycles. The fraction of sp³-hybridized carbons (Fsp3) is 0.300. The van der Waals surface area contributed by atoms with Gasteiger partial charge < -0.3 is 15.0 Å². The van der Waals surface area contributed by atoms with Gasteiger partial charge in [0, 0.05) is 12.7 Å². The summed E-state index contributed by atoms with van der Waals surface area (Å²) in [6, 6.07) is 9.69. The molecule has 150 valence electrons. The van der Waals surface area contributed by atoms with Crippen LogP contribution in [0.5, 0.6) is 5.75 Å². The Balaban J connectivity index is 1.85. The molecule has 5 nitrogen and oxygen atoms in total. The van der Waals surface area contributed by atoms with Gasteiger partial charge in [-0.3, -0.25) is 9.59 Å². The summed E-state index contributed by atoms with van der Waals surface area (Å²) in [6.07, 6.45) is -4.43. The van der Waals surface area contributed by atoms with Gasteiger partial charge in [0.15, 0.2) is 6.61 Å². The quantitative estimate of drug-likeness (QED) is 0.811. The monoisotopic (exact) mass is 394 g/mol. The first-order valence-electron chi connectivity index (χ1n) is 8.47. The van der Waals surface area contributed by atoms with Crippen LogP contribution < -0.4 is 10.1 Å². The van der Waals surface area contributed by atoms with Crippen LogP contribution in [-0.4, -0.2) is 36.9 Å². The van der Waals surface area contributed by atoms with Crippen molar-refractivity contribution in [3.05, 3.63) is 59.2 Å². The number of likely N-dealkylation sites (N-methyl/N-ethyl adjacent to an activating group) is 1. The third-order valence-electron chi connectivity index (χ3n) is 4.02. The van der Waals surface area contributed by atoms with Crippen LogP contribution in [0.1, 0.15) is 16.7 Å². The Kier molecular flexibility index (Phi) is 6.66. The molecule has 0 unspecified atom stereocenters. The molecular weight excluding hydrogens is 373 g/mol. The van der Waals surface area contributed by atoms with E-state index in [0.717, 1.165) is 35.4 Å². The maximum absolute atomic E-state index is 12.5. The van der Waals surface area contributed by atoms with Gasteiger partial charge in [0.1, 0.15) is 5.75 Å². The predicted molar refractivity (Wildman–Crippen MR) is 99.1 cm³/mol. The molecular formula is C20H21F3N2O3. The van der Waals surface area contributed by atoms with Crippen molar-refractivity contribution >= 4 is 17.5 Å². The molecule has 0 aliphatic heterocycles. The average molecular weight is 394 g/mol. The van der Waals surface area contributed by atoms with Gasteiger partial charge in [0.2, 0.25) is 5.91 Å². The van der Waals surface area contributed by atoms with Gasteiger partial charge in [-0.05, 0) is 55.3 Å². The first kappa shape index (κ1) is 21.3. The molecule has 1 N–H and O–H groups in total. The molecule has 0 fully saturated rings. The lowest BCUT2D eigenvalue weighted by atomic mass is 10.1. The number of halogens is 3. The maximum atomic E-state index is 12.5. The Morgan fingerprint density at radius 3 is 2.32 bits per heavy atom. The second kappa shape index (κ2) is 8.77. The molecule has 0 aliphatic rings. The lowest BCUT2D eigenvalue weighted by molar-refractivity contribution is -0.137. The number of benzene rings is 2. The maximum Gasteiger partial charge on any atom is 0.416 e. The summed E-state index contributed by atoms with van der Waals surface area (Å²) < 4.78 is 42.8. The number of aryl methyl sites for hydroxylation is 2. The lowest BCUT2D eigenvalue weighted by Gasteiger charge is -2.18. The summed E-state index contributed by atoms with van der Waals surface area (Å²) in [7, 11) is 1.45. The molecule has 0 atom stereocenters. The fourth-order valence-corrected chi connectivity index (χ4v) is 2.36. The van der Waals surface area contributed by atoms with E-state index in [-0.39, 0.29) is 18.2 Å². The topological polar surface area (TPSA) is 58.6 Å². The smallest absolute Gasteiger partial charge is 0.416 e. The highest BCUT2D eigenvalue weighted by atomic mass is 19.4. The molecule has 0 spiro atoms. The van der Waals surface area contributed by atoms with Crippen molar-refractivity contribution in [3.63, 3.8) is 0 Å². The van der Waals surface area contributed by atoms with E-state index in [1.165, 1.54) is 11.9 Å². The Bertz CT molecular complexity index is 849. The van der Waals surface area contributed by atoms with E-state index < -0.39 is 24.3 Å². The lowest BCUT2D eigenvalue weighted by Crippen LogP contribution is -2.37. The van der Waals surface area contributed by atoms with Crippen molar-refractivity contribution in [1.29, 1.82) is 0 Å². The Labute approximate surface area is 161 Å². The highest BCUT2D eigenvalue weighted by molar-refractivity contribution is 5.95. The molecule has 2 aromatic carbocycles. The van der Waals surface area contributed by atoms with E-state index in [2.05, 4.69) is 5.32 Å².